The van der Waals surface area contributed by atoms with E-state index in [0.29, 0.717) is 0 Å². The molecule has 3 rings (SSSR count). The first-order valence-corrected chi connectivity index (χ1v) is 6.85. The molecule has 0 unspecified atom stereocenters. The fraction of sp³-hybridized carbons (Fsp3) is 0.200. The highest BCUT2D eigenvalue weighted by atomic mass is 35.5. The number of nitrogens with zero attached hydrogens (tertiary/aromatic N) is 1. The predicted octanol–water partition coefficient (Wildman–Crippen LogP) is 3.20. The van der Waals surface area contributed by atoms with Gasteiger partial charge in [-0.25, -0.2) is 4.39 Å². The molecule has 3 atom stereocenters. The van der Waals surface area contributed by atoms with E-state index >= 15 is 0 Å². The van der Waals surface area contributed by atoms with E-state index in [2.05, 4.69) is 0 Å². The third kappa shape index (κ3) is 2.03. The van der Waals surface area contributed by atoms with Gasteiger partial charge in [-0.15, -0.1) is 0 Å². The van der Waals surface area contributed by atoms with Crippen LogP contribution in [0.2, 0.25) is 0 Å². The van der Waals surface area contributed by atoms with Crippen LogP contribution in [0.1, 0.15) is 23.3 Å². The highest BCUT2D eigenvalue weighted by molar-refractivity contribution is 6.23. The lowest BCUT2D eigenvalue weighted by atomic mass is 9.89. The molecule has 1 aliphatic rings. The predicted molar refractivity (Wildman–Crippen MR) is 76.7 cm³/mol. The van der Waals surface area contributed by atoms with Crippen LogP contribution in [0.3, 0.4) is 0 Å². The Morgan fingerprint density at radius 3 is 2.41 bits per heavy atom. The maximum absolute atomic E-state index is 14.0. The third-order valence-electron chi connectivity index (χ3n) is 3.68. The summed E-state index contributed by atoms with van der Waals surface area (Å²) in [6.07, 6.45) is -3.10. The highest BCUT2D eigenvalue weighted by Gasteiger charge is 2.62. The second kappa shape index (κ2) is 5.23. The first-order valence-electron chi connectivity index (χ1n) is 6.47. The normalized spacial score (nSPS) is 26.9. The lowest BCUT2D eigenvalue weighted by Crippen LogP contribution is -2.49. The van der Waals surface area contributed by atoms with Crippen LogP contribution >= 0.6 is 11.6 Å². The van der Waals surface area contributed by atoms with Gasteiger partial charge in [0.25, 0.3) is 0 Å². The van der Waals surface area contributed by atoms with Crippen molar-refractivity contribution >= 4 is 11.6 Å². The van der Waals surface area contributed by atoms with E-state index in [1.54, 1.807) is 18.2 Å². The molecule has 0 bridgehead atoms. The minimum absolute atomic E-state index is 0.0808. The van der Waals surface area contributed by atoms with Gasteiger partial charge in [0.05, 0.1) is 4.92 Å². The van der Waals surface area contributed by atoms with Crippen LogP contribution in [0.25, 0.3) is 0 Å². The van der Waals surface area contributed by atoms with Crippen LogP contribution in [0.5, 0.6) is 5.75 Å². The largest absolute Gasteiger partial charge is 0.476 e. The number of aliphatic hydroxyl groups is 1. The summed E-state index contributed by atoms with van der Waals surface area (Å²) in [5.41, 5.74) is 0.115. The minimum Gasteiger partial charge on any atom is -0.476 e. The molecule has 2 aromatic carbocycles. The lowest BCUT2D eigenvalue weighted by Gasteiger charge is -2.37. The van der Waals surface area contributed by atoms with Crippen molar-refractivity contribution in [1.29, 1.82) is 0 Å². The number of rotatable bonds is 2. The molecule has 1 N–H and O–H groups in total. The van der Waals surface area contributed by atoms with Crippen molar-refractivity contribution in [2.45, 2.75) is 17.2 Å². The minimum atomic E-state index is -2.42. The van der Waals surface area contributed by atoms with Gasteiger partial charge in [0.2, 0.25) is 6.10 Å². The Morgan fingerprint density at radius 1 is 1.18 bits per heavy atom. The first-order chi connectivity index (χ1) is 10.5. The van der Waals surface area contributed by atoms with E-state index in [-0.39, 0.29) is 16.9 Å². The molecule has 0 saturated carbocycles. The number of nitro groups is 1. The molecule has 2 aromatic rings. The van der Waals surface area contributed by atoms with E-state index < -0.39 is 27.9 Å². The van der Waals surface area contributed by atoms with Crippen LogP contribution < -0.4 is 4.74 Å². The molecular weight excluding hydrogens is 313 g/mol. The van der Waals surface area contributed by atoms with Crippen molar-refractivity contribution in [3.8, 4) is 5.75 Å². The molecule has 1 aliphatic heterocycles. The molecule has 0 aliphatic carbocycles. The van der Waals surface area contributed by atoms with Gasteiger partial charge >= 0.3 is 5.00 Å². The summed E-state index contributed by atoms with van der Waals surface area (Å²) >= 11 is 6.12. The quantitative estimate of drug-likeness (QED) is 0.398. The summed E-state index contributed by atoms with van der Waals surface area (Å²) < 4.78 is 19.6. The summed E-state index contributed by atoms with van der Waals surface area (Å²) in [5.74, 6) is -0.452. The van der Waals surface area contributed by atoms with Crippen molar-refractivity contribution in [1.82, 2.24) is 0 Å². The van der Waals surface area contributed by atoms with Crippen molar-refractivity contribution in [3.05, 3.63) is 75.6 Å². The Bertz CT molecular complexity index is 741. The fourth-order valence-electron chi connectivity index (χ4n) is 2.55. The Kier molecular flexibility index (Phi) is 3.50. The van der Waals surface area contributed by atoms with Crippen LogP contribution in [-0.2, 0) is 0 Å². The van der Waals surface area contributed by atoms with Crippen molar-refractivity contribution in [2.75, 3.05) is 0 Å². The first kappa shape index (κ1) is 14.7. The number of hydrogen-bond donors (Lipinski definition) is 1. The molecule has 0 spiro atoms. The van der Waals surface area contributed by atoms with Gasteiger partial charge in [-0.05, 0) is 23.7 Å². The maximum Gasteiger partial charge on any atom is 0.365 e. The van der Waals surface area contributed by atoms with Gasteiger partial charge in [-0.1, -0.05) is 36.4 Å². The summed E-state index contributed by atoms with van der Waals surface area (Å²) in [7, 11) is 0. The third-order valence-corrected chi connectivity index (χ3v) is 4.22. The maximum atomic E-state index is 14.0. The molecular formula is C15H11ClFNO4. The smallest absolute Gasteiger partial charge is 0.365 e. The molecule has 0 fully saturated rings. The number of ether oxygens (including phenoxy) is 1. The fourth-order valence-corrected chi connectivity index (χ4v) is 2.83. The van der Waals surface area contributed by atoms with E-state index in [1.807, 2.05) is 0 Å². The SMILES string of the molecule is O=[N+]([O-])[C@@]1(Cl)[C@H](O)c2ccccc2O[C@@H]1c1ccccc1F. The topological polar surface area (TPSA) is 72.6 Å². The summed E-state index contributed by atoms with van der Waals surface area (Å²) in [4.78, 5) is 8.24. The molecule has 0 saturated heterocycles. The van der Waals surface area contributed by atoms with E-state index in [0.717, 1.165) is 6.07 Å². The van der Waals surface area contributed by atoms with Gasteiger partial charge < -0.3 is 9.84 Å². The summed E-state index contributed by atoms with van der Waals surface area (Å²) in [5, 5.41) is 21.9. The number of aliphatic hydroxyl groups excluding tert-OH is 1. The van der Waals surface area contributed by atoms with Crippen LogP contribution in [-0.4, -0.2) is 15.0 Å². The zero-order valence-corrected chi connectivity index (χ0v) is 11.9. The standard InChI is InChI=1S/C15H11ClFNO4/c16-15(18(20)21)13(19)10-6-2-4-8-12(10)22-14(15)9-5-1-3-7-11(9)17/h1-8,13-14,19H/t13-,14-,15+/m1/s1. The second-order valence-electron chi connectivity index (χ2n) is 4.94. The number of fused-ring (bicyclic) bond motifs is 1. The number of para-hydroxylation sites is 1. The van der Waals surface area contributed by atoms with Crippen molar-refractivity contribution < 1.29 is 19.2 Å². The van der Waals surface area contributed by atoms with Crippen molar-refractivity contribution in [3.63, 3.8) is 0 Å². The molecule has 114 valence electrons. The van der Waals surface area contributed by atoms with Crippen molar-refractivity contribution in [2.24, 2.45) is 0 Å². The molecule has 7 heteroatoms. The van der Waals surface area contributed by atoms with Crippen LogP contribution in [0.15, 0.2) is 48.5 Å². The van der Waals surface area contributed by atoms with Gasteiger partial charge in [-0.2, -0.15) is 0 Å². The number of alkyl halides is 1. The number of halogens is 2. The molecule has 0 aromatic heterocycles. The lowest BCUT2D eigenvalue weighted by molar-refractivity contribution is -0.570. The van der Waals surface area contributed by atoms with Gasteiger partial charge in [0, 0.05) is 11.1 Å². The van der Waals surface area contributed by atoms with Gasteiger partial charge in [-0.3, -0.25) is 10.1 Å². The second-order valence-corrected chi connectivity index (χ2v) is 5.55. The Hall–Kier alpha value is -2.18. The molecule has 1 heterocycles. The average Bonchev–Trinajstić information content (AvgIpc) is 2.51. The van der Waals surface area contributed by atoms with E-state index in [1.165, 1.54) is 24.3 Å². The van der Waals surface area contributed by atoms with E-state index in [9.17, 15) is 19.6 Å². The molecule has 0 radical (unpaired) electrons. The monoisotopic (exact) mass is 323 g/mol. The zero-order chi connectivity index (χ0) is 15.9. The van der Waals surface area contributed by atoms with Crippen LogP contribution in [0, 0.1) is 15.9 Å². The molecule has 0 amide bonds. The van der Waals surface area contributed by atoms with E-state index in [4.69, 9.17) is 16.3 Å². The van der Waals surface area contributed by atoms with Gasteiger partial charge in [0.15, 0.2) is 6.10 Å². The summed E-state index contributed by atoms with van der Waals surface area (Å²) in [6.45, 7) is 0. The number of hydrogen-bond acceptors (Lipinski definition) is 4. The highest BCUT2D eigenvalue weighted by Crippen LogP contribution is 2.51. The molecule has 5 nitrogen and oxygen atoms in total. The Labute approximate surface area is 130 Å². The zero-order valence-electron chi connectivity index (χ0n) is 11.1. The Morgan fingerprint density at radius 2 is 1.77 bits per heavy atom. The number of benzene rings is 2. The van der Waals surface area contributed by atoms with Gasteiger partial charge in [0.1, 0.15) is 11.6 Å². The average molecular weight is 324 g/mol. The van der Waals surface area contributed by atoms with Crippen LogP contribution in [0.4, 0.5) is 4.39 Å². The molecule has 22 heavy (non-hydrogen) atoms. The Balaban J connectivity index is 2.20. The summed E-state index contributed by atoms with van der Waals surface area (Å²) in [6, 6.07) is 11.8.